The zero-order valence-electron chi connectivity index (χ0n) is 18.0. The van der Waals surface area contributed by atoms with E-state index in [0.29, 0.717) is 5.75 Å². The van der Waals surface area contributed by atoms with Gasteiger partial charge in [-0.25, -0.2) is 4.98 Å². The monoisotopic (exact) mass is 460 g/mol. The highest BCUT2D eigenvalue weighted by Gasteiger charge is 2.25. The number of imidazole rings is 1. The molecule has 8 heteroatoms. The number of para-hydroxylation sites is 2. The number of carbonyl (C=O) groups is 2. The van der Waals surface area contributed by atoms with Crippen molar-refractivity contribution in [2.24, 2.45) is 5.73 Å². The van der Waals surface area contributed by atoms with E-state index in [0.717, 1.165) is 58.7 Å². The lowest BCUT2D eigenvalue weighted by molar-refractivity contribution is -0.118. The van der Waals surface area contributed by atoms with Crippen LogP contribution in [0, 0.1) is 0 Å². The first kappa shape index (κ1) is 21.2. The fourth-order valence-corrected chi connectivity index (χ4v) is 5.50. The number of hydrogen-bond acceptors (Lipinski definition) is 5. The van der Waals surface area contributed by atoms with Crippen molar-refractivity contribution in [3.05, 3.63) is 64.5 Å². The zero-order chi connectivity index (χ0) is 22.8. The van der Waals surface area contributed by atoms with Crippen molar-refractivity contribution in [3.63, 3.8) is 0 Å². The van der Waals surface area contributed by atoms with Crippen molar-refractivity contribution in [2.75, 3.05) is 11.9 Å². The Morgan fingerprint density at radius 3 is 2.67 bits per heavy atom. The van der Waals surface area contributed by atoms with Gasteiger partial charge in [0.05, 0.1) is 23.0 Å². The number of ether oxygens (including phenoxy) is 1. The summed E-state index contributed by atoms with van der Waals surface area (Å²) in [6.45, 7) is -0.114. The van der Waals surface area contributed by atoms with Gasteiger partial charge in [0, 0.05) is 4.88 Å². The van der Waals surface area contributed by atoms with Gasteiger partial charge >= 0.3 is 0 Å². The molecule has 4 aromatic rings. The molecule has 1 aliphatic rings. The summed E-state index contributed by atoms with van der Waals surface area (Å²) in [6, 6.07) is 14.9. The number of aryl methyl sites for hydroxylation is 1. The van der Waals surface area contributed by atoms with E-state index in [1.54, 1.807) is 35.6 Å². The predicted molar refractivity (Wildman–Crippen MR) is 130 cm³/mol. The van der Waals surface area contributed by atoms with Crippen LogP contribution in [-0.2, 0) is 28.9 Å². The van der Waals surface area contributed by atoms with Crippen LogP contribution >= 0.6 is 11.3 Å². The quantitative estimate of drug-likeness (QED) is 0.384. The largest absolute Gasteiger partial charge is 0.484 e. The van der Waals surface area contributed by atoms with Crippen LogP contribution in [0.25, 0.3) is 22.4 Å². The maximum absolute atomic E-state index is 12.7. The fraction of sp³-hybridized carbons (Fsp3) is 0.240. The van der Waals surface area contributed by atoms with Gasteiger partial charge in [0.15, 0.2) is 6.61 Å². The number of benzene rings is 2. The van der Waals surface area contributed by atoms with Crippen molar-refractivity contribution in [3.8, 4) is 17.1 Å². The van der Waals surface area contributed by atoms with Crippen molar-refractivity contribution in [2.45, 2.75) is 32.1 Å². The smallest absolute Gasteiger partial charge is 0.262 e. The predicted octanol–water partition coefficient (Wildman–Crippen LogP) is 4.22. The lowest BCUT2D eigenvalue weighted by Crippen LogP contribution is -2.20. The van der Waals surface area contributed by atoms with Gasteiger partial charge in [-0.3, -0.25) is 9.59 Å². The normalized spacial score (nSPS) is 13.0. The third-order valence-electron chi connectivity index (χ3n) is 5.72. The number of nitrogens with zero attached hydrogens (tertiary/aromatic N) is 1. The molecule has 0 fully saturated rings. The maximum Gasteiger partial charge on any atom is 0.262 e. The highest BCUT2D eigenvalue weighted by Crippen LogP contribution is 2.43. The highest BCUT2D eigenvalue weighted by atomic mass is 32.1. The van der Waals surface area contributed by atoms with Gasteiger partial charge in [-0.1, -0.05) is 24.3 Å². The Bertz CT molecular complexity index is 1290. The van der Waals surface area contributed by atoms with E-state index in [4.69, 9.17) is 15.5 Å². The first-order chi connectivity index (χ1) is 16.1. The molecule has 4 N–H and O–H groups in total. The van der Waals surface area contributed by atoms with Crippen molar-refractivity contribution in [1.82, 2.24) is 9.97 Å². The molecular formula is C25H24N4O3S. The molecule has 168 valence electrons. The minimum atomic E-state index is -0.387. The molecule has 33 heavy (non-hydrogen) atoms. The molecule has 0 bridgehead atoms. The lowest BCUT2D eigenvalue weighted by atomic mass is 9.95. The van der Waals surface area contributed by atoms with Crippen LogP contribution in [-0.4, -0.2) is 28.4 Å². The van der Waals surface area contributed by atoms with E-state index in [9.17, 15) is 9.59 Å². The molecule has 0 atom stereocenters. The van der Waals surface area contributed by atoms with E-state index >= 15 is 0 Å². The van der Waals surface area contributed by atoms with E-state index in [2.05, 4.69) is 10.3 Å². The van der Waals surface area contributed by atoms with Crippen LogP contribution in [0.5, 0.6) is 5.75 Å². The highest BCUT2D eigenvalue weighted by molar-refractivity contribution is 7.17. The van der Waals surface area contributed by atoms with Crippen LogP contribution in [0.4, 0.5) is 5.00 Å². The molecule has 2 aromatic heterocycles. The Kier molecular flexibility index (Phi) is 5.83. The number of nitrogens with one attached hydrogen (secondary N) is 2. The third kappa shape index (κ3) is 4.61. The van der Waals surface area contributed by atoms with E-state index in [-0.39, 0.29) is 24.8 Å². The first-order valence-electron chi connectivity index (χ1n) is 11.0. The minimum Gasteiger partial charge on any atom is -0.484 e. The summed E-state index contributed by atoms with van der Waals surface area (Å²) in [5, 5.41) is 3.86. The average molecular weight is 461 g/mol. The molecule has 2 aromatic carbocycles. The summed E-state index contributed by atoms with van der Waals surface area (Å²) in [6.07, 6.45) is 4.49. The van der Waals surface area contributed by atoms with Gasteiger partial charge in [0.25, 0.3) is 5.91 Å². The number of carbonyl (C=O) groups excluding carboxylic acids is 2. The van der Waals surface area contributed by atoms with Crippen LogP contribution in [0.1, 0.15) is 28.8 Å². The van der Waals surface area contributed by atoms with E-state index in [1.165, 1.54) is 10.4 Å². The van der Waals surface area contributed by atoms with E-state index in [1.807, 2.05) is 24.3 Å². The Labute approximate surface area is 195 Å². The summed E-state index contributed by atoms with van der Waals surface area (Å²) >= 11 is 1.63. The van der Waals surface area contributed by atoms with E-state index < -0.39 is 0 Å². The van der Waals surface area contributed by atoms with Crippen LogP contribution in [0.2, 0.25) is 0 Å². The number of aromatic amines is 1. The Hall–Kier alpha value is -3.65. The molecule has 5 rings (SSSR count). The average Bonchev–Trinajstić information content (AvgIpc) is 3.38. The molecule has 7 nitrogen and oxygen atoms in total. The summed E-state index contributed by atoms with van der Waals surface area (Å²) in [4.78, 5) is 33.3. The molecule has 0 spiro atoms. The topological polar surface area (TPSA) is 110 Å². The lowest BCUT2D eigenvalue weighted by Gasteiger charge is -2.12. The molecule has 0 unspecified atom stereocenters. The Balaban J connectivity index is 1.34. The van der Waals surface area contributed by atoms with Gasteiger partial charge < -0.3 is 20.8 Å². The van der Waals surface area contributed by atoms with Gasteiger partial charge in [-0.05, 0) is 61.1 Å². The second-order valence-corrected chi connectivity index (χ2v) is 9.25. The minimum absolute atomic E-state index is 0.114. The number of hydrogen-bond donors (Lipinski definition) is 3. The Morgan fingerprint density at radius 2 is 1.88 bits per heavy atom. The number of aromatic nitrogens is 2. The fourth-order valence-electron chi connectivity index (χ4n) is 4.19. The molecule has 0 aliphatic heterocycles. The Morgan fingerprint density at radius 1 is 1.09 bits per heavy atom. The van der Waals surface area contributed by atoms with Gasteiger partial charge in [0.1, 0.15) is 16.6 Å². The number of amides is 2. The van der Waals surface area contributed by atoms with Crippen molar-refractivity contribution < 1.29 is 14.3 Å². The second kappa shape index (κ2) is 9.07. The number of nitrogens with two attached hydrogens (primary N) is 1. The molecule has 1 aliphatic carbocycles. The molecule has 2 amide bonds. The van der Waals surface area contributed by atoms with Gasteiger partial charge in [-0.2, -0.15) is 0 Å². The zero-order valence-corrected chi connectivity index (χ0v) is 18.8. The molecule has 2 heterocycles. The van der Waals surface area contributed by atoms with Crippen LogP contribution < -0.4 is 15.8 Å². The number of primary amides is 1. The van der Waals surface area contributed by atoms with Crippen LogP contribution in [0.3, 0.4) is 0 Å². The SMILES string of the molecule is NC(=O)Cc1ccc(OCC(=O)Nc2sc3c(c2-c2nc4ccccc4[nH]2)CCCC3)cc1. The molecule has 0 saturated carbocycles. The maximum atomic E-state index is 12.7. The molecule has 0 radical (unpaired) electrons. The van der Waals surface area contributed by atoms with Gasteiger partial charge in [0.2, 0.25) is 5.91 Å². The summed E-state index contributed by atoms with van der Waals surface area (Å²) in [7, 11) is 0. The van der Waals surface area contributed by atoms with Crippen molar-refractivity contribution >= 4 is 39.2 Å². The second-order valence-electron chi connectivity index (χ2n) is 8.14. The third-order valence-corrected chi connectivity index (χ3v) is 6.93. The number of anilines is 1. The standard InChI is InChI=1S/C25H24N4O3S/c26-21(30)13-15-9-11-16(12-10-15)32-14-22(31)29-25-23(17-5-1-4-8-20(17)33-25)24-27-18-6-2-3-7-19(18)28-24/h2-3,6-7,9-12H,1,4-5,8,13-14H2,(H2,26,30)(H,27,28)(H,29,31). The van der Waals surface area contributed by atoms with Crippen molar-refractivity contribution in [1.29, 1.82) is 0 Å². The number of thiophene rings is 1. The summed E-state index contributed by atoms with van der Waals surface area (Å²) in [5.74, 6) is 0.729. The van der Waals surface area contributed by atoms with Crippen LogP contribution in [0.15, 0.2) is 48.5 Å². The summed E-state index contributed by atoms with van der Waals surface area (Å²) < 4.78 is 5.65. The molecule has 0 saturated heterocycles. The van der Waals surface area contributed by atoms with Gasteiger partial charge in [-0.15, -0.1) is 11.3 Å². The number of H-pyrrole nitrogens is 1. The summed E-state index contributed by atoms with van der Waals surface area (Å²) in [5.41, 5.74) is 10.2. The number of rotatable bonds is 7. The first-order valence-corrected chi connectivity index (χ1v) is 11.8. The molecular weight excluding hydrogens is 436 g/mol. The number of fused-ring (bicyclic) bond motifs is 2.